The van der Waals surface area contributed by atoms with Crippen molar-refractivity contribution in [1.29, 1.82) is 0 Å². The van der Waals surface area contributed by atoms with E-state index in [4.69, 9.17) is 0 Å². The van der Waals surface area contributed by atoms with Gasteiger partial charge in [0.05, 0.1) is 12.6 Å². The van der Waals surface area contributed by atoms with E-state index >= 15 is 0 Å². The average Bonchev–Trinajstić information content (AvgIpc) is 2.83. The number of nitrogens with zero attached hydrogens (tertiary/aromatic N) is 2. The van der Waals surface area contributed by atoms with Crippen molar-refractivity contribution in [2.45, 2.75) is 44.6 Å². The Hall–Kier alpha value is -0.870. The minimum Gasteiger partial charge on any atom is -0.394 e. The molecule has 3 heterocycles. The molecule has 0 amide bonds. The topological polar surface area (TPSA) is 50.1 Å². The van der Waals surface area contributed by atoms with E-state index in [2.05, 4.69) is 14.9 Å². The number of piperidine rings is 1. The molecule has 0 aliphatic carbocycles. The molecule has 4 heteroatoms. The van der Waals surface area contributed by atoms with Gasteiger partial charge in [0.25, 0.3) is 0 Å². The molecule has 1 unspecified atom stereocenters. The molecule has 100 valence electrons. The summed E-state index contributed by atoms with van der Waals surface area (Å²) in [5.74, 6) is 1.97. The SMILES string of the molecule is OCC1CCCc2cnc(CC3CCNCC3)n21. The number of aliphatic hydroxyl groups is 1. The molecule has 1 fully saturated rings. The monoisotopic (exact) mass is 249 g/mol. The zero-order chi connectivity index (χ0) is 12.4. The predicted molar refractivity (Wildman–Crippen MR) is 70.6 cm³/mol. The van der Waals surface area contributed by atoms with E-state index in [-0.39, 0.29) is 12.6 Å². The minimum atomic E-state index is 0.253. The fourth-order valence-electron chi connectivity index (χ4n) is 3.39. The van der Waals surface area contributed by atoms with Gasteiger partial charge in [0, 0.05) is 18.3 Å². The maximum atomic E-state index is 9.53. The normalized spacial score (nSPS) is 25.1. The minimum absolute atomic E-state index is 0.253. The Labute approximate surface area is 108 Å². The smallest absolute Gasteiger partial charge is 0.109 e. The fourth-order valence-corrected chi connectivity index (χ4v) is 3.39. The number of hydrogen-bond donors (Lipinski definition) is 2. The molecule has 1 saturated heterocycles. The molecule has 0 aromatic carbocycles. The Morgan fingerprint density at radius 1 is 1.33 bits per heavy atom. The number of nitrogens with one attached hydrogen (secondary N) is 1. The van der Waals surface area contributed by atoms with Gasteiger partial charge in [0.1, 0.15) is 5.82 Å². The van der Waals surface area contributed by atoms with Gasteiger partial charge in [-0.05, 0) is 51.1 Å². The number of aryl methyl sites for hydroxylation is 1. The van der Waals surface area contributed by atoms with Gasteiger partial charge >= 0.3 is 0 Å². The zero-order valence-electron chi connectivity index (χ0n) is 10.9. The van der Waals surface area contributed by atoms with Crippen LogP contribution < -0.4 is 5.32 Å². The van der Waals surface area contributed by atoms with Gasteiger partial charge < -0.3 is 15.0 Å². The van der Waals surface area contributed by atoms with Crippen LogP contribution in [0.3, 0.4) is 0 Å². The Morgan fingerprint density at radius 2 is 2.17 bits per heavy atom. The standard InChI is InChI=1S/C14H23N3O/c18-10-13-3-1-2-12-9-16-14(17(12)13)8-11-4-6-15-7-5-11/h9,11,13,15,18H,1-8,10H2. The molecule has 0 radical (unpaired) electrons. The first kappa shape index (κ1) is 12.2. The molecule has 2 N–H and O–H groups in total. The highest BCUT2D eigenvalue weighted by Gasteiger charge is 2.24. The van der Waals surface area contributed by atoms with Crippen molar-refractivity contribution in [3.05, 3.63) is 17.7 Å². The molecular weight excluding hydrogens is 226 g/mol. The number of aromatic nitrogens is 2. The van der Waals surface area contributed by atoms with Crippen LogP contribution in [0.1, 0.15) is 43.2 Å². The van der Waals surface area contributed by atoms with Crippen molar-refractivity contribution in [3.63, 3.8) is 0 Å². The molecule has 18 heavy (non-hydrogen) atoms. The number of rotatable bonds is 3. The van der Waals surface area contributed by atoms with Crippen LogP contribution in [-0.2, 0) is 12.8 Å². The van der Waals surface area contributed by atoms with Crippen molar-refractivity contribution in [2.24, 2.45) is 5.92 Å². The zero-order valence-corrected chi connectivity index (χ0v) is 10.9. The lowest BCUT2D eigenvalue weighted by Gasteiger charge is -2.28. The number of fused-ring (bicyclic) bond motifs is 1. The van der Waals surface area contributed by atoms with E-state index in [1.807, 2.05) is 6.20 Å². The number of imidazole rings is 1. The highest BCUT2D eigenvalue weighted by Crippen LogP contribution is 2.28. The lowest BCUT2D eigenvalue weighted by molar-refractivity contribution is 0.202. The molecular formula is C14H23N3O. The summed E-state index contributed by atoms with van der Waals surface area (Å²) in [5, 5.41) is 12.9. The summed E-state index contributed by atoms with van der Waals surface area (Å²) < 4.78 is 2.32. The third-order valence-corrected chi connectivity index (χ3v) is 4.43. The van der Waals surface area contributed by atoms with Gasteiger partial charge in [-0.25, -0.2) is 4.98 Å². The van der Waals surface area contributed by atoms with Crippen molar-refractivity contribution in [2.75, 3.05) is 19.7 Å². The summed E-state index contributed by atoms with van der Waals surface area (Å²) in [6.07, 6.45) is 9.02. The molecule has 1 atom stereocenters. The Bertz CT molecular complexity index is 396. The van der Waals surface area contributed by atoms with Crippen LogP contribution in [0, 0.1) is 5.92 Å². The predicted octanol–water partition coefficient (Wildman–Crippen LogP) is 1.29. The van der Waals surface area contributed by atoms with Crippen molar-refractivity contribution >= 4 is 0 Å². The molecule has 0 spiro atoms. The van der Waals surface area contributed by atoms with E-state index in [0.29, 0.717) is 0 Å². The Balaban J connectivity index is 1.77. The van der Waals surface area contributed by atoms with Crippen molar-refractivity contribution in [1.82, 2.24) is 14.9 Å². The summed E-state index contributed by atoms with van der Waals surface area (Å²) in [5.41, 5.74) is 1.32. The van der Waals surface area contributed by atoms with E-state index < -0.39 is 0 Å². The highest BCUT2D eigenvalue weighted by molar-refractivity contribution is 5.11. The molecule has 2 aliphatic rings. The molecule has 1 aromatic rings. The van der Waals surface area contributed by atoms with Crippen LogP contribution in [0.15, 0.2) is 6.20 Å². The van der Waals surface area contributed by atoms with Gasteiger partial charge in [-0.1, -0.05) is 0 Å². The first-order chi connectivity index (χ1) is 8.88. The third-order valence-electron chi connectivity index (χ3n) is 4.43. The van der Waals surface area contributed by atoms with Gasteiger partial charge in [-0.3, -0.25) is 0 Å². The maximum Gasteiger partial charge on any atom is 0.109 e. The molecule has 0 saturated carbocycles. The highest BCUT2D eigenvalue weighted by atomic mass is 16.3. The quantitative estimate of drug-likeness (QED) is 0.849. The van der Waals surface area contributed by atoms with E-state index in [1.54, 1.807) is 0 Å². The van der Waals surface area contributed by atoms with E-state index in [1.165, 1.54) is 30.8 Å². The Morgan fingerprint density at radius 3 is 2.94 bits per heavy atom. The summed E-state index contributed by atoms with van der Waals surface area (Å²) in [6.45, 7) is 2.53. The summed E-state index contributed by atoms with van der Waals surface area (Å²) in [7, 11) is 0. The molecule has 0 bridgehead atoms. The second-order valence-corrected chi connectivity index (χ2v) is 5.66. The van der Waals surface area contributed by atoms with Crippen LogP contribution in [-0.4, -0.2) is 34.4 Å². The van der Waals surface area contributed by atoms with Crippen LogP contribution in [0.4, 0.5) is 0 Å². The molecule has 3 rings (SSSR count). The second kappa shape index (κ2) is 5.41. The summed E-state index contributed by atoms with van der Waals surface area (Å²) in [4.78, 5) is 4.62. The lowest BCUT2D eigenvalue weighted by atomic mass is 9.94. The fraction of sp³-hybridized carbons (Fsp3) is 0.786. The van der Waals surface area contributed by atoms with Crippen molar-refractivity contribution < 1.29 is 5.11 Å². The molecule has 1 aromatic heterocycles. The largest absolute Gasteiger partial charge is 0.394 e. The van der Waals surface area contributed by atoms with Gasteiger partial charge in [-0.15, -0.1) is 0 Å². The van der Waals surface area contributed by atoms with E-state index in [9.17, 15) is 5.11 Å². The lowest BCUT2D eigenvalue weighted by Crippen LogP contribution is -2.30. The first-order valence-electron chi connectivity index (χ1n) is 7.25. The van der Waals surface area contributed by atoms with Gasteiger partial charge in [0.2, 0.25) is 0 Å². The average molecular weight is 249 g/mol. The van der Waals surface area contributed by atoms with Crippen molar-refractivity contribution in [3.8, 4) is 0 Å². The summed E-state index contributed by atoms with van der Waals surface area (Å²) >= 11 is 0. The Kier molecular flexibility index (Phi) is 3.66. The number of hydrogen-bond acceptors (Lipinski definition) is 3. The van der Waals surface area contributed by atoms with E-state index in [0.717, 1.165) is 38.3 Å². The summed E-state index contributed by atoms with van der Waals surface area (Å²) in [6, 6.07) is 0.271. The van der Waals surface area contributed by atoms with Gasteiger partial charge in [0.15, 0.2) is 0 Å². The first-order valence-corrected chi connectivity index (χ1v) is 7.25. The third kappa shape index (κ3) is 2.31. The van der Waals surface area contributed by atoms with Gasteiger partial charge in [-0.2, -0.15) is 0 Å². The van der Waals surface area contributed by atoms with Crippen LogP contribution >= 0.6 is 0 Å². The van der Waals surface area contributed by atoms with Crippen LogP contribution in [0.25, 0.3) is 0 Å². The number of aliphatic hydroxyl groups excluding tert-OH is 1. The molecule has 2 aliphatic heterocycles. The van der Waals surface area contributed by atoms with Crippen LogP contribution in [0.2, 0.25) is 0 Å². The molecule has 4 nitrogen and oxygen atoms in total. The van der Waals surface area contributed by atoms with Crippen LogP contribution in [0.5, 0.6) is 0 Å². The maximum absolute atomic E-state index is 9.53. The second-order valence-electron chi connectivity index (χ2n) is 5.66.